The fraction of sp³-hybridized carbons (Fsp3) is 0.650. The van der Waals surface area contributed by atoms with E-state index >= 15 is 0 Å². The molecule has 0 aromatic heterocycles. The summed E-state index contributed by atoms with van der Waals surface area (Å²) in [6.07, 6.45) is -1.57. The first kappa shape index (κ1) is 23.7. The summed E-state index contributed by atoms with van der Waals surface area (Å²) in [4.78, 5) is 11.4. The van der Waals surface area contributed by atoms with E-state index in [4.69, 9.17) is 0 Å². The van der Waals surface area contributed by atoms with Gasteiger partial charge < -0.3 is 10.6 Å². The van der Waals surface area contributed by atoms with Gasteiger partial charge in [0.05, 0.1) is 21.8 Å². The molecule has 2 N–H and O–H groups in total. The number of amides is 1. The second kappa shape index (κ2) is 9.04. The first-order valence-electron chi connectivity index (χ1n) is 9.81. The third kappa shape index (κ3) is 5.94. The predicted octanol–water partition coefficient (Wildman–Crippen LogP) is 3.54. The largest absolute Gasteiger partial charge is 0.416 e. The highest BCUT2D eigenvalue weighted by Crippen LogP contribution is 2.38. The Balaban J connectivity index is 2.05. The molecule has 0 bridgehead atoms. The number of sulfone groups is 1. The molecule has 9 heteroatoms. The van der Waals surface area contributed by atoms with Crippen molar-refractivity contribution in [3.8, 4) is 0 Å². The van der Waals surface area contributed by atoms with Crippen molar-refractivity contribution in [2.24, 2.45) is 5.92 Å². The van der Waals surface area contributed by atoms with Crippen LogP contribution < -0.4 is 10.6 Å². The smallest absolute Gasteiger partial charge is 0.352 e. The van der Waals surface area contributed by atoms with Crippen LogP contribution in [0.4, 0.5) is 13.2 Å². The van der Waals surface area contributed by atoms with Gasteiger partial charge in [-0.2, -0.15) is 13.2 Å². The Morgan fingerprint density at radius 1 is 1.24 bits per heavy atom. The average molecular weight is 435 g/mol. The van der Waals surface area contributed by atoms with E-state index in [1.807, 2.05) is 6.92 Å². The molecule has 1 atom stereocenters. The first-order valence-corrected chi connectivity index (χ1v) is 11.3. The third-order valence-corrected chi connectivity index (χ3v) is 8.13. The Morgan fingerprint density at radius 2 is 1.90 bits per heavy atom. The van der Waals surface area contributed by atoms with Crippen LogP contribution in [0, 0.1) is 5.92 Å². The molecule has 1 aliphatic rings. The van der Waals surface area contributed by atoms with E-state index in [9.17, 15) is 26.4 Å². The van der Waals surface area contributed by atoms with Crippen molar-refractivity contribution in [3.05, 3.63) is 29.8 Å². The van der Waals surface area contributed by atoms with Gasteiger partial charge in [0.1, 0.15) is 0 Å². The molecule has 1 amide bonds. The number of benzene rings is 1. The minimum atomic E-state index is -4.61. The minimum Gasteiger partial charge on any atom is -0.352 e. The molecule has 5 nitrogen and oxygen atoms in total. The van der Waals surface area contributed by atoms with E-state index in [2.05, 4.69) is 10.6 Å². The van der Waals surface area contributed by atoms with Gasteiger partial charge in [-0.25, -0.2) is 8.42 Å². The predicted molar refractivity (Wildman–Crippen MR) is 105 cm³/mol. The molecule has 0 saturated heterocycles. The summed E-state index contributed by atoms with van der Waals surface area (Å²) in [5.74, 6) is -0.377. The van der Waals surface area contributed by atoms with Crippen LogP contribution >= 0.6 is 0 Å². The lowest BCUT2D eigenvalue weighted by atomic mass is 9.89. The molecule has 1 unspecified atom stereocenters. The fourth-order valence-corrected chi connectivity index (χ4v) is 5.26. The molecule has 0 spiro atoms. The minimum absolute atomic E-state index is 0.0867. The molecular formula is C20H29F3N2O3S. The molecule has 1 saturated carbocycles. The van der Waals surface area contributed by atoms with Gasteiger partial charge in [-0.3, -0.25) is 4.79 Å². The Kier molecular flexibility index (Phi) is 7.37. The van der Waals surface area contributed by atoms with E-state index in [1.54, 1.807) is 13.8 Å². The number of alkyl halides is 3. The molecular weight excluding hydrogens is 405 g/mol. The molecule has 1 aliphatic carbocycles. The molecule has 164 valence electrons. The summed E-state index contributed by atoms with van der Waals surface area (Å²) in [7, 11) is -4.00. The van der Waals surface area contributed by atoms with Crippen molar-refractivity contribution in [2.75, 3.05) is 13.1 Å². The molecule has 0 radical (unpaired) electrons. The second-order valence-electron chi connectivity index (χ2n) is 8.04. The summed E-state index contributed by atoms with van der Waals surface area (Å²) in [6.45, 7) is 5.56. The van der Waals surface area contributed by atoms with Crippen LogP contribution in [0.2, 0.25) is 0 Å². The average Bonchev–Trinajstić information content (AvgIpc) is 3.44. The van der Waals surface area contributed by atoms with Crippen molar-refractivity contribution in [1.82, 2.24) is 10.6 Å². The lowest BCUT2D eigenvalue weighted by Gasteiger charge is -2.33. The Hall–Kier alpha value is -1.61. The standard InChI is InChI=1S/C20H29F3N2O3S/c1-4-14(10-11-24-13-18(26)25-16-8-9-16)19(2,3)29(27,28)17-7-5-6-15(12-17)20(21,22)23/h5-7,12,14,16,24H,4,8-11,13H2,1-3H3,(H,25,26). The fourth-order valence-electron chi connectivity index (χ4n) is 3.39. The summed E-state index contributed by atoms with van der Waals surface area (Å²) in [6, 6.07) is 4.17. The zero-order chi connectivity index (χ0) is 21.9. The van der Waals surface area contributed by atoms with Crippen molar-refractivity contribution < 1.29 is 26.4 Å². The maximum Gasteiger partial charge on any atom is 0.416 e. The maximum absolute atomic E-state index is 13.2. The highest BCUT2D eigenvalue weighted by molar-refractivity contribution is 7.92. The van der Waals surface area contributed by atoms with Crippen LogP contribution in [0.5, 0.6) is 0 Å². The van der Waals surface area contributed by atoms with E-state index in [-0.39, 0.29) is 29.3 Å². The Labute approximate surface area is 170 Å². The van der Waals surface area contributed by atoms with E-state index < -0.39 is 26.3 Å². The highest BCUT2D eigenvalue weighted by atomic mass is 32.2. The van der Waals surface area contributed by atoms with Gasteiger partial charge in [-0.1, -0.05) is 19.4 Å². The van der Waals surface area contributed by atoms with Gasteiger partial charge in [-0.05, 0) is 63.8 Å². The SMILES string of the molecule is CCC(CCNCC(=O)NC1CC1)C(C)(C)S(=O)(=O)c1cccc(C(F)(F)F)c1. The van der Waals surface area contributed by atoms with Crippen LogP contribution in [0.3, 0.4) is 0 Å². The van der Waals surface area contributed by atoms with Crippen molar-refractivity contribution in [3.63, 3.8) is 0 Å². The van der Waals surface area contributed by atoms with Gasteiger partial charge in [0, 0.05) is 6.04 Å². The molecule has 0 heterocycles. The van der Waals surface area contributed by atoms with Crippen molar-refractivity contribution in [2.45, 2.75) is 68.3 Å². The van der Waals surface area contributed by atoms with Crippen LogP contribution in [0.15, 0.2) is 29.2 Å². The monoisotopic (exact) mass is 434 g/mol. The van der Waals surface area contributed by atoms with Crippen molar-refractivity contribution >= 4 is 15.7 Å². The zero-order valence-corrected chi connectivity index (χ0v) is 17.8. The molecule has 29 heavy (non-hydrogen) atoms. The topological polar surface area (TPSA) is 75.3 Å². The molecule has 0 aliphatic heterocycles. The normalized spacial score (nSPS) is 16.5. The first-order chi connectivity index (χ1) is 13.4. The molecule has 1 aromatic carbocycles. The lowest BCUT2D eigenvalue weighted by molar-refractivity contribution is -0.137. The third-order valence-electron chi connectivity index (χ3n) is 5.54. The molecule has 2 rings (SSSR count). The van der Waals surface area contributed by atoms with Gasteiger partial charge >= 0.3 is 6.18 Å². The number of hydrogen-bond donors (Lipinski definition) is 2. The number of hydrogen-bond acceptors (Lipinski definition) is 4. The van der Waals surface area contributed by atoms with Gasteiger partial charge in [-0.15, -0.1) is 0 Å². The highest BCUT2D eigenvalue weighted by Gasteiger charge is 2.42. The Bertz CT molecular complexity index is 819. The lowest BCUT2D eigenvalue weighted by Crippen LogP contribution is -2.42. The maximum atomic E-state index is 13.2. The number of halogens is 3. The molecule has 1 fully saturated rings. The Morgan fingerprint density at radius 3 is 2.45 bits per heavy atom. The number of carbonyl (C=O) groups excluding carboxylic acids is 1. The van der Waals surface area contributed by atoms with Crippen molar-refractivity contribution in [1.29, 1.82) is 0 Å². The van der Waals surface area contributed by atoms with Gasteiger partial charge in [0.15, 0.2) is 9.84 Å². The quantitative estimate of drug-likeness (QED) is 0.553. The number of nitrogens with one attached hydrogen (secondary N) is 2. The van der Waals surface area contributed by atoms with E-state index in [0.717, 1.165) is 25.0 Å². The van der Waals surface area contributed by atoms with Crippen LogP contribution in [0.25, 0.3) is 0 Å². The van der Waals surface area contributed by atoms with E-state index in [1.165, 1.54) is 6.07 Å². The summed E-state index contributed by atoms with van der Waals surface area (Å²) in [5.41, 5.74) is -0.981. The van der Waals surface area contributed by atoms with Crippen LogP contribution in [-0.2, 0) is 20.8 Å². The zero-order valence-electron chi connectivity index (χ0n) is 17.0. The number of rotatable bonds is 10. The van der Waals surface area contributed by atoms with Crippen LogP contribution in [0.1, 0.15) is 52.0 Å². The second-order valence-corrected chi connectivity index (χ2v) is 10.6. The summed E-state index contributed by atoms with van der Waals surface area (Å²) < 4.78 is 64.0. The van der Waals surface area contributed by atoms with Crippen LogP contribution in [-0.4, -0.2) is 38.2 Å². The summed E-state index contributed by atoms with van der Waals surface area (Å²) >= 11 is 0. The number of carbonyl (C=O) groups is 1. The molecule has 1 aromatic rings. The van der Waals surface area contributed by atoms with Gasteiger partial charge in [0.25, 0.3) is 0 Å². The van der Waals surface area contributed by atoms with Gasteiger partial charge in [0.2, 0.25) is 5.91 Å². The van der Waals surface area contributed by atoms with E-state index in [0.29, 0.717) is 25.5 Å². The summed E-state index contributed by atoms with van der Waals surface area (Å²) in [5, 5.41) is 5.88.